The number of benzene rings is 2. The van der Waals surface area contributed by atoms with E-state index < -0.39 is 0 Å². The van der Waals surface area contributed by atoms with Crippen LogP contribution >= 0.6 is 11.3 Å². The molecule has 2 aromatic carbocycles. The molecular formula is C22H27N3O3S. The molecule has 0 aliphatic rings. The molecule has 0 unspecified atom stereocenters. The highest BCUT2D eigenvalue weighted by atomic mass is 32.1. The molecule has 7 heteroatoms. The second-order valence-corrected chi connectivity index (χ2v) is 7.96. The first-order valence-electron chi connectivity index (χ1n) is 9.55. The van der Waals surface area contributed by atoms with Crippen LogP contribution in [0.4, 0.5) is 0 Å². The molecule has 154 valence electrons. The number of carbonyl (C=O) groups is 1. The van der Waals surface area contributed by atoms with Crippen molar-refractivity contribution in [3.8, 4) is 11.5 Å². The Bertz CT molecular complexity index is 940. The maximum absolute atomic E-state index is 12.4. The van der Waals surface area contributed by atoms with Gasteiger partial charge in [-0.2, -0.15) is 0 Å². The lowest BCUT2D eigenvalue weighted by Crippen LogP contribution is -2.37. The van der Waals surface area contributed by atoms with Gasteiger partial charge < -0.3 is 14.8 Å². The highest BCUT2D eigenvalue weighted by molar-refractivity contribution is 7.18. The average molecular weight is 414 g/mol. The monoisotopic (exact) mass is 413 g/mol. The molecule has 1 heterocycles. The largest absolute Gasteiger partial charge is 0.493 e. The van der Waals surface area contributed by atoms with Gasteiger partial charge in [-0.3, -0.25) is 9.69 Å². The Morgan fingerprint density at radius 1 is 1.17 bits per heavy atom. The van der Waals surface area contributed by atoms with Crippen molar-refractivity contribution in [2.24, 2.45) is 0 Å². The number of likely N-dealkylation sites (N-methyl/N-ethyl adjacent to an activating group) is 1. The summed E-state index contributed by atoms with van der Waals surface area (Å²) in [6.07, 6.45) is 0.725. The van der Waals surface area contributed by atoms with E-state index in [0.29, 0.717) is 24.6 Å². The number of rotatable bonds is 9. The first-order chi connectivity index (χ1) is 14.0. The van der Waals surface area contributed by atoms with Gasteiger partial charge in [-0.1, -0.05) is 18.2 Å². The van der Waals surface area contributed by atoms with Crippen molar-refractivity contribution in [2.45, 2.75) is 19.4 Å². The van der Waals surface area contributed by atoms with Crippen molar-refractivity contribution in [3.05, 3.63) is 53.0 Å². The van der Waals surface area contributed by atoms with Crippen molar-refractivity contribution in [2.75, 3.05) is 34.4 Å². The molecule has 3 rings (SSSR count). The van der Waals surface area contributed by atoms with E-state index in [9.17, 15) is 4.79 Å². The van der Waals surface area contributed by atoms with Crippen LogP contribution in [0.15, 0.2) is 42.5 Å². The van der Waals surface area contributed by atoms with Crippen molar-refractivity contribution < 1.29 is 14.3 Å². The molecule has 0 saturated heterocycles. The number of hydrogen-bond donors (Lipinski definition) is 1. The molecule has 29 heavy (non-hydrogen) atoms. The van der Waals surface area contributed by atoms with Crippen LogP contribution < -0.4 is 14.8 Å². The van der Waals surface area contributed by atoms with Gasteiger partial charge in [0.15, 0.2) is 11.5 Å². The van der Waals surface area contributed by atoms with Crippen molar-refractivity contribution in [1.29, 1.82) is 0 Å². The number of nitrogens with one attached hydrogen (secondary N) is 1. The third kappa shape index (κ3) is 5.25. The van der Waals surface area contributed by atoms with Crippen LogP contribution in [0.2, 0.25) is 0 Å². The summed E-state index contributed by atoms with van der Waals surface area (Å²) in [5.74, 6) is 1.40. The summed E-state index contributed by atoms with van der Waals surface area (Å²) >= 11 is 1.68. The molecule has 0 radical (unpaired) electrons. The minimum Gasteiger partial charge on any atom is -0.493 e. The second-order valence-electron chi connectivity index (χ2n) is 6.90. The molecule has 0 saturated carbocycles. The van der Waals surface area contributed by atoms with Gasteiger partial charge in [0, 0.05) is 6.54 Å². The van der Waals surface area contributed by atoms with Crippen LogP contribution in [0.5, 0.6) is 11.5 Å². The summed E-state index contributed by atoms with van der Waals surface area (Å²) in [6.45, 7) is 2.97. The summed E-state index contributed by atoms with van der Waals surface area (Å²) in [5.41, 5.74) is 2.09. The van der Waals surface area contributed by atoms with Gasteiger partial charge in [0.1, 0.15) is 5.01 Å². The van der Waals surface area contributed by atoms with E-state index in [1.54, 1.807) is 25.6 Å². The fraction of sp³-hybridized carbons (Fsp3) is 0.364. The van der Waals surface area contributed by atoms with Crippen LogP contribution in [0.3, 0.4) is 0 Å². The number of ether oxygens (including phenoxy) is 2. The van der Waals surface area contributed by atoms with Crippen molar-refractivity contribution in [3.63, 3.8) is 0 Å². The van der Waals surface area contributed by atoms with Gasteiger partial charge in [0.2, 0.25) is 5.91 Å². The molecule has 0 spiro atoms. The summed E-state index contributed by atoms with van der Waals surface area (Å²) < 4.78 is 11.7. The van der Waals surface area contributed by atoms with E-state index in [0.717, 1.165) is 22.5 Å². The first-order valence-corrected chi connectivity index (χ1v) is 10.4. The van der Waals surface area contributed by atoms with E-state index >= 15 is 0 Å². The van der Waals surface area contributed by atoms with Crippen molar-refractivity contribution in [1.82, 2.24) is 15.2 Å². The Balaban J connectivity index is 1.49. The molecule has 1 N–H and O–H groups in total. The number of thiazole rings is 1. The maximum atomic E-state index is 12.4. The fourth-order valence-corrected chi connectivity index (χ4v) is 4.14. The van der Waals surface area contributed by atoms with Gasteiger partial charge in [-0.15, -0.1) is 11.3 Å². The predicted octanol–water partition coefficient (Wildman–Crippen LogP) is 3.67. The van der Waals surface area contributed by atoms with Gasteiger partial charge in [0.05, 0.1) is 37.0 Å². The van der Waals surface area contributed by atoms with Gasteiger partial charge in [0.25, 0.3) is 0 Å². The maximum Gasteiger partial charge on any atom is 0.234 e. The van der Waals surface area contributed by atoms with E-state index in [2.05, 4.69) is 18.3 Å². The molecule has 3 aromatic rings. The standard InChI is InChI=1S/C22H27N3O3S/c1-15(22-24-17-7-5-6-8-20(17)29-22)25(2)14-21(26)23-12-11-16-9-10-18(27-3)19(13-16)28-4/h5-10,13,15H,11-12,14H2,1-4H3,(H,23,26)/t15-/m0/s1. The second kappa shape index (κ2) is 9.71. The van der Waals surface area contributed by atoms with Crippen LogP contribution in [0, 0.1) is 0 Å². The summed E-state index contributed by atoms with van der Waals surface area (Å²) in [4.78, 5) is 19.1. The molecule has 6 nitrogen and oxygen atoms in total. The minimum absolute atomic E-state index is 0.000868. The normalized spacial score (nSPS) is 12.2. The molecular weight excluding hydrogens is 386 g/mol. The van der Waals surface area contributed by atoms with Gasteiger partial charge in [-0.05, 0) is 50.2 Å². The molecule has 0 aliphatic heterocycles. The Hall–Kier alpha value is -2.64. The molecule has 0 fully saturated rings. The highest BCUT2D eigenvalue weighted by Gasteiger charge is 2.18. The number of nitrogens with zero attached hydrogens (tertiary/aromatic N) is 2. The number of hydrogen-bond acceptors (Lipinski definition) is 6. The van der Waals surface area contributed by atoms with E-state index in [1.807, 2.05) is 48.3 Å². The fourth-order valence-electron chi connectivity index (χ4n) is 3.06. The Labute approximate surface area is 175 Å². The van der Waals surface area contributed by atoms with Gasteiger partial charge >= 0.3 is 0 Å². The minimum atomic E-state index is 0.000868. The third-order valence-corrected chi connectivity index (χ3v) is 6.11. The number of aromatic nitrogens is 1. The number of fused-ring (bicyclic) bond motifs is 1. The molecule has 1 amide bonds. The third-order valence-electron chi connectivity index (χ3n) is 4.91. The van der Waals surface area contributed by atoms with E-state index in [4.69, 9.17) is 14.5 Å². The van der Waals surface area contributed by atoms with E-state index in [-0.39, 0.29) is 11.9 Å². The average Bonchev–Trinajstić information content (AvgIpc) is 3.17. The van der Waals surface area contributed by atoms with Crippen LogP contribution in [0.1, 0.15) is 23.5 Å². The first kappa shape index (κ1) is 21.1. The molecule has 0 bridgehead atoms. The lowest BCUT2D eigenvalue weighted by Gasteiger charge is -2.22. The summed E-state index contributed by atoms with van der Waals surface area (Å²) in [6, 6.07) is 14.0. The Morgan fingerprint density at radius 3 is 2.66 bits per heavy atom. The quantitative estimate of drug-likeness (QED) is 0.580. The predicted molar refractivity (Wildman–Crippen MR) is 117 cm³/mol. The smallest absolute Gasteiger partial charge is 0.234 e. The SMILES string of the molecule is COc1ccc(CCNC(=O)CN(C)[C@@H](C)c2nc3ccccc3s2)cc1OC. The lowest BCUT2D eigenvalue weighted by molar-refractivity contribution is -0.122. The van der Waals surface area contributed by atoms with Crippen LogP contribution in [0.25, 0.3) is 10.2 Å². The Morgan fingerprint density at radius 2 is 1.93 bits per heavy atom. The topological polar surface area (TPSA) is 63.7 Å². The number of methoxy groups -OCH3 is 2. The summed E-state index contributed by atoms with van der Waals surface area (Å²) in [5, 5.41) is 4.01. The summed E-state index contributed by atoms with van der Waals surface area (Å²) in [7, 11) is 5.18. The zero-order valence-corrected chi connectivity index (χ0v) is 18.1. The van der Waals surface area contributed by atoms with Crippen LogP contribution in [-0.4, -0.2) is 50.1 Å². The van der Waals surface area contributed by atoms with Crippen molar-refractivity contribution >= 4 is 27.5 Å². The van der Waals surface area contributed by atoms with Crippen LogP contribution in [-0.2, 0) is 11.2 Å². The highest BCUT2D eigenvalue weighted by Crippen LogP contribution is 2.29. The zero-order valence-electron chi connectivity index (χ0n) is 17.3. The zero-order chi connectivity index (χ0) is 20.8. The molecule has 1 aromatic heterocycles. The number of carbonyl (C=O) groups excluding carboxylic acids is 1. The number of para-hydroxylation sites is 1. The lowest BCUT2D eigenvalue weighted by atomic mass is 10.1. The molecule has 1 atom stereocenters. The molecule has 0 aliphatic carbocycles. The van der Waals surface area contributed by atoms with Gasteiger partial charge in [-0.25, -0.2) is 4.98 Å². The Kier molecular flexibility index (Phi) is 7.06. The number of amides is 1. The van der Waals surface area contributed by atoms with E-state index in [1.165, 1.54) is 4.70 Å².